The molecule has 0 aromatic heterocycles. The van der Waals surface area contributed by atoms with Crippen molar-refractivity contribution in [1.29, 1.82) is 0 Å². The predicted molar refractivity (Wildman–Crippen MR) is 84.5 cm³/mol. The van der Waals surface area contributed by atoms with Crippen molar-refractivity contribution in [3.8, 4) is 5.75 Å². The number of ether oxygens (including phenoxy) is 1. The number of hydrogen-bond acceptors (Lipinski definition) is 4. The zero-order valence-electron chi connectivity index (χ0n) is 12.2. The van der Waals surface area contributed by atoms with Gasteiger partial charge in [-0.2, -0.15) is 0 Å². The standard InChI is InChI=1S/C15H21FN2O2S/c1-2-20-14-4-3-11(9-13(14)16)18-15(19)10-21-12-5-7-17-8-6-12/h3-4,9,12,17H,2,5-8,10H2,1H3,(H,18,19). The monoisotopic (exact) mass is 312 g/mol. The van der Waals surface area contributed by atoms with E-state index in [1.54, 1.807) is 24.8 Å². The van der Waals surface area contributed by atoms with Crippen molar-refractivity contribution >= 4 is 23.4 Å². The van der Waals surface area contributed by atoms with Gasteiger partial charge in [0.25, 0.3) is 0 Å². The third kappa shape index (κ3) is 5.21. The molecular formula is C15H21FN2O2S. The van der Waals surface area contributed by atoms with E-state index in [9.17, 15) is 9.18 Å². The molecule has 1 saturated heterocycles. The first kappa shape index (κ1) is 16.1. The van der Waals surface area contributed by atoms with Crippen LogP contribution in [0, 0.1) is 5.82 Å². The van der Waals surface area contributed by atoms with E-state index in [4.69, 9.17) is 4.74 Å². The second-order valence-electron chi connectivity index (χ2n) is 4.89. The molecule has 0 atom stereocenters. The van der Waals surface area contributed by atoms with Gasteiger partial charge in [0.15, 0.2) is 11.6 Å². The van der Waals surface area contributed by atoms with Crippen molar-refractivity contribution in [3.05, 3.63) is 24.0 Å². The van der Waals surface area contributed by atoms with Crippen LogP contribution in [-0.2, 0) is 4.79 Å². The van der Waals surface area contributed by atoms with Gasteiger partial charge in [0.1, 0.15) is 0 Å². The summed E-state index contributed by atoms with van der Waals surface area (Å²) in [7, 11) is 0. The first-order chi connectivity index (χ1) is 10.2. The Bertz CT molecular complexity index is 479. The van der Waals surface area contributed by atoms with Crippen molar-refractivity contribution in [2.45, 2.75) is 25.0 Å². The molecule has 1 aromatic rings. The lowest BCUT2D eigenvalue weighted by Crippen LogP contribution is -2.30. The number of piperidine rings is 1. The summed E-state index contributed by atoms with van der Waals surface area (Å²) in [4.78, 5) is 11.9. The average Bonchev–Trinajstić information content (AvgIpc) is 2.49. The number of anilines is 1. The second-order valence-corrected chi connectivity index (χ2v) is 6.18. The third-order valence-electron chi connectivity index (χ3n) is 3.25. The Balaban J connectivity index is 1.80. The predicted octanol–water partition coefficient (Wildman–Crippen LogP) is 2.65. The summed E-state index contributed by atoms with van der Waals surface area (Å²) in [5, 5.41) is 6.55. The Morgan fingerprint density at radius 2 is 2.24 bits per heavy atom. The Morgan fingerprint density at radius 3 is 2.90 bits per heavy atom. The molecule has 1 aliphatic rings. The molecule has 4 nitrogen and oxygen atoms in total. The number of hydrogen-bond donors (Lipinski definition) is 2. The molecule has 1 aliphatic heterocycles. The molecule has 0 bridgehead atoms. The molecule has 1 fully saturated rings. The van der Waals surface area contributed by atoms with Gasteiger partial charge in [0, 0.05) is 17.0 Å². The molecule has 1 heterocycles. The van der Waals surface area contributed by atoms with E-state index < -0.39 is 5.82 Å². The molecule has 0 aliphatic carbocycles. The largest absolute Gasteiger partial charge is 0.491 e. The molecule has 2 N–H and O–H groups in total. The highest BCUT2D eigenvalue weighted by molar-refractivity contribution is 8.00. The fourth-order valence-corrected chi connectivity index (χ4v) is 3.23. The number of thioether (sulfide) groups is 1. The van der Waals surface area contributed by atoms with Crippen molar-refractivity contribution < 1.29 is 13.9 Å². The van der Waals surface area contributed by atoms with E-state index in [0.717, 1.165) is 25.9 Å². The van der Waals surface area contributed by atoms with Gasteiger partial charge in [-0.15, -0.1) is 11.8 Å². The van der Waals surface area contributed by atoms with E-state index in [-0.39, 0.29) is 11.7 Å². The van der Waals surface area contributed by atoms with Gasteiger partial charge in [0.2, 0.25) is 5.91 Å². The Labute approximate surface area is 128 Å². The lowest BCUT2D eigenvalue weighted by molar-refractivity contribution is -0.113. The third-order valence-corrected chi connectivity index (χ3v) is 4.62. The minimum absolute atomic E-state index is 0.0953. The Hall–Kier alpha value is -1.27. The summed E-state index contributed by atoms with van der Waals surface area (Å²) < 4.78 is 18.8. The molecule has 0 spiro atoms. The molecule has 21 heavy (non-hydrogen) atoms. The van der Waals surface area contributed by atoms with Gasteiger partial charge < -0.3 is 15.4 Å². The highest BCUT2D eigenvalue weighted by Gasteiger charge is 2.15. The van der Waals surface area contributed by atoms with Crippen molar-refractivity contribution in [2.24, 2.45) is 0 Å². The number of benzene rings is 1. The van der Waals surface area contributed by atoms with Crippen LogP contribution in [0.1, 0.15) is 19.8 Å². The van der Waals surface area contributed by atoms with Gasteiger partial charge in [-0.25, -0.2) is 4.39 Å². The molecule has 0 unspecified atom stereocenters. The average molecular weight is 312 g/mol. The number of carbonyl (C=O) groups excluding carboxylic acids is 1. The fraction of sp³-hybridized carbons (Fsp3) is 0.533. The topological polar surface area (TPSA) is 50.4 Å². The Kier molecular flexibility index (Phi) is 6.32. The zero-order valence-corrected chi connectivity index (χ0v) is 13.0. The normalized spacial score (nSPS) is 15.7. The van der Waals surface area contributed by atoms with Crippen LogP contribution in [0.15, 0.2) is 18.2 Å². The van der Waals surface area contributed by atoms with Crippen LogP contribution in [0.25, 0.3) is 0 Å². The summed E-state index contributed by atoms with van der Waals surface area (Å²) in [5.74, 6) is 0.0572. The van der Waals surface area contributed by atoms with Crippen LogP contribution in [0.2, 0.25) is 0 Å². The summed E-state index contributed by atoms with van der Waals surface area (Å²) in [6, 6.07) is 4.48. The number of amides is 1. The summed E-state index contributed by atoms with van der Waals surface area (Å²) in [6.07, 6.45) is 2.19. The number of carbonyl (C=O) groups is 1. The lowest BCUT2D eigenvalue weighted by atomic mass is 10.2. The van der Waals surface area contributed by atoms with Crippen molar-refractivity contribution in [1.82, 2.24) is 5.32 Å². The van der Waals surface area contributed by atoms with Gasteiger partial charge in [-0.3, -0.25) is 4.79 Å². The maximum absolute atomic E-state index is 13.7. The number of nitrogens with one attached hydrogen (secondary N) is 2. The maximum Gasteiger partial charge on any atom is 0.234 e. The lowest BCUT2D eigenvalue weighted by Gasteiger charge is -2.21. The molecule has 0 saturated carbocycles. The van der Waals surface area contributed by atoms with Crippen LogP contribution in [-0.4, -0.2) is 36.6 Å². The SMILES string of the molecule is CCOc1ccc(NC(=O)CSC2CCNCC2)cc1F. The van der Waals surface area contributed by atoms with E-state index in [1.165, 1.54) is 12.1 Å². The van der Waals surface area contributed by atoms with Gasteiger partial charge in [-0.05, 0) is 45.0 Å². The molecule has 116 valence electrons. The van der Waals surface area contributed by atoms with Gasteiger partial charge in [0.05, 0.1) is 12.4 Å². The van der Waals surface area contributed by atoms with Crippen LogP contribution in [0.4, 0.5) is 10.1 Å². The molecule has 0 radical (unpaired) electrons. The zero-order chi connectivity index (χ0) is 15.1. The second kappa shape index (κ2) is 8.24. The summed E-state index contributed by atoms with van der Waals surface area (Å²) in [5.41, 5.74) is 0.465. The van der Waals surface area contributed by atoms with E-state index in [1.807, 2.05) is 0 Å². The molecule has 6 heteroatoms. The molecule has 1 amide bonds. The van der Waals surface area contributed by atoms with Crippen LogP contribution >= 0.6 is 11.8 Å². The Morgan fingerprint density at radius 1 is 1.48 bits per heavy atom. The maximum atomic E-state index is 13.7. The minimum atomic E-state index is -0.458. The first-order valence-electron chi connectivity index (χ1n) is 7.23. The van der Waals surface area contributed by atoms with Crippen LogP contribution in [0.5, 0.6) is 5.75 Å². The molecule has 1 aromatic carbocycles. The highest BCUT2D eigenvalue weighted by atomic mass is 32.2. The quantitative estimate of drug-likeness (QED) is 0.848. The number of rotatable bonds is 6. The van der Waals surface area contributed by atoms with E-state index in [0.29, 0.717) is 23.3 Å². The van der Waals surface area contributed by atoms with Gasteiger partial charge in [-0.1, -0.05) is 0 Å². The van der Waals surface area contributed by atoms with E-state index in [2.05, 4.69) is 10.6 Å². The van der Waals surface area contributed by atoms with E-state index >= 15 is 0 Å². The smallest absolute Gasteiger partial charge is 0.234 e. The summed E-state index contributed by atoms with van der Waals surface area (Å²) in [6.45, 7) is 4.25. The highest BCUT2D eigenvalue weighted by Crippen LogP contribution is 2.23. The van der Waals surface area contributed by atoms with Crippen LogP contribution in [0.3, 0.4) is 0 Å². The van der Waals surface area contributed by atoms with Crippen molar-refractivity contribution in [2.75, 3.05) is 30.8 Å². The summed E-state index contributed by atoms with van der Waals surface area (Å²) >= 11 is 1.67. The first-order valence-corrected chi connectivity index (χ1v) is 8.28. The van der Waals surface area contributed by atoms with Gasteiger partial charge >= 0.3 is 0 Å². The molecular weight excluding hydrogens is 291 g/mol. The number of halogens is 1. The van der Waals surface area contributed by atoms with Crippen LogP contribution < -0.4 is 15.4 Å². The molecule has 2 rings (SSSR count). The minimum Gasteiger partial charge on any atom is -0.491 e. The van der Waals surface area contributed by atoms with Crippen molar-refractivity contribution in [3.63, 3.8) is 0 Å². The fourth-order valence-electron chi connectivity index (χ4n) is 2.20.